The van der Waals surface area contributed by atoms with Crippen LogP contribution in [-0.2, 0) is 6.61 Å². The zero-order chi connectivity index (χ0) is 19.9. The van der Waals surface area contributed by atoms with E-state index >= 15 is 0 Å². The molecule has 0 fully saturated rings. The van der Waals surface area contributed by atoms with Crippen molar-refractivity contribution in [2.45, 2.75) is 13.5 Å². The van der Waals surface area contributed by atoms with Gasteiger partial charge in [-0.3, -0.25) is 15.5 Å². The summed E-state index contributed by atoms with van der Waals surface area (Å²) in [6.45, 7) is 2.12. The van der Waals surface area contributed by atoms with Gasteiger partial charge in [0, 0.05) is 17.0 Å². The molecule has 2 aromatic carbocycles. The van der Waals surface area contributed by atoms with Gasteiger partial charge in [0.05, 0.1) is 30.0 Å². The van der Waals surface area contributed by atoms with Gasteiger partial charge in [0.25, 0.3) is 5.69 Å². The summed E-state index contributed by atoms with van der Waals surface area (Å²) in [5, 5.41) is 17.7. The number of thiazole rings is 1. The van der Waals surface area contributed by atoms with Crippen LogP contribution < -0.4 is 14.9 Å². The number of non-ortho nitro benzene ring substituents is 1. The first-order valence-corrected chi connectivity index (χ1v) is 9.18. The Morgan fingerprint density at radius 3 is 2.89 bits per heavy atom. The van der Waals surface area contributed by atoms with Crippen LogP contribution in [0.5, 0.6) is 11.5 Å². The zero-order valence-corrected chi connectivity index (χ0v) is 16.1. The van der Waals surface area contributed by atoms with E-state index in [4.69, 9.17) is 9.47 Å². The molecule has 0 aliphatic heterocycles. The van der Waals surface area contributed by atoms with Crippen LogP contribution in [0.25, 0.3) is 0 Å². The Labute approximate surface area is 165 Å². The Balaban J connectivity index is 1.70. The van der Waals surface area contributed by atoms with E-state index in [1.807, 2.05) is 30.5 Å². The quantitative estimate of drug-likeness (QED) is 0.343. The highest BCUT2D eigenvalue weighted by molar-refractivity contribution is 7.13. The molecule has 0 amide bonds. The molecule has 1 heterocycles. The summed E-state index contributed by atoms with van der Waals surface area (Å²) in [6, 6.07) is 11.6. The maximum Gasteiger partial charge on any atom is 0.273 e. The predicted octanol–water partition coefficient (Wildman–Crippen LogP) is 4.39. The number of nitrogens with one attached hydrogen (secondary N) is 1. The van der Waals surface area contributed by atoms with Gasteiger partial charge in [0.15, 0.2) is 0 Å². The lowest BCUT2D eigenvalue weighted by atomic mass is 10.1. The number of benzene rings is 2. The van der Waals surface area contributed by atoms with Crippen molar-refractivity contribution in [2.75, 3.05) is 12.5 Å². The van der Waals surface area contributed by atoms with Crippen molar-refractivity contribution in [2.24, 2.45) is 5.10 Å². The van der Waals surface area contributed by atoms with E-state index in [0.29, 0.717) is 11.5 Å². The van der Waals surface area contributed by atoms with E-state index in [-0.39, 0.29) is 12.3 Å². The largest absolute Gasteiger partial charge is 0.496 e. The average molecular weight is 398 g/mol. The predicted molar refractivity (Wildman–Crippen MR) is 108 cm³/mol. The number of nitrogens with zero attached hydrogens (tertiary/aromatic N) is 3. The van der Waals surface area contributed by atoms with Gasteiger partial charge in [0.1, 0.15) is 18.1 Å². The number of hydrazone groups is 1. The van der Waals surface area contributed by atoms with Crippen molar-refractivity contribution >= 4 is 28.4 Å². The minimum atomic E-state index is -0.457. The Morgan fingerprint density at radius 1 is 1.32 bits per heavy atom. The first-order valence-electron chi connectivity index (χ1n) is 8.30. The fourth-order valence-corrected chi connectivity index (χ4v) is 3.04. The Hall–Kier alpha value is -3.46. The maximum atomic E-state index is 10.9. The van der Waals surface area contributed by atoms with Crippen LogP contribution in [0.15, 0.2) is 52.9 Å². The molecule has 0 radical (unpaired) electrons. The van der Waals surface area contributed by atoms with Crippen LogP contribution in [0.1, 0.15) is 16.8 Å². The van der Waals surface area contributed by atoms with Gasteiger partial charge in [0.2, 0.25) is 5.13 Å². The molecule has 0 spiro atoms. The normalized spacial score (nSPS) is 10.8. The van der Waals surface area contributed by atoms with Crippen molar-refractivity contribution in [3.63, 3.8) is 0 Å². The number of hydrogen-bond donors (Lipinski definition) is 1. The molecule has 0 atom stereocenters. The van der Waals surface area contributed by atoms with Gasteiger partial charge in [-0.15, -0.1) is 11.3 Å². The summed E-state index contributed by atoms with van der Waals surface area (Å²) in [5.41, 5.74) is 5.45. The molecule has 9 heteroatoms. The van der Waals surface area contributed by atoms with Crippen LogP contribution in [0.2, 0.25) is 0 Å². The number of hydrogen-bond acceptors (Lipinski definition) is 8. The van der Waals surface area contributed by atoms with Crippen LogP contribution in [-0.4, -0.2) is 23.2 Å². The molecule has 3 aromatic rings. The Kier molecular flexibility index (Phi) is 6.18. The van der Waals surface area contributed by atoms with Gasteiger partial charge < -0.3 is 9.47 Å². The topological polar surface area (TPSA) is 98.9 Å². The van der Waals surface area contributed by atoms with Gasteiger partial charge in [-0.1, -0.05) is 6.07 Å². The molecule has 8 nitrogen and oxygen atoms in total. The lowest BCUT2D eigenvalue weighted by Gasteiger charge is -2.11. The molecule has 28 heavy (non-hydrogen) atoms. The average Bonchev–Trinajstić information content (AvgIpc) is 3.11. The van der Waals surface area contributed by atoms with E-state index in [1.54, 1.807) is 25.5 Å². The van der Waals surface area contributed by atoms with Crippen molar-refractivity contribution in [3.05, 3.63) is 74.8 Å². The second-order valence-electron chi connectivity index (χ2n) is 5.78. The van der Waals surface area contributed by atoms with Gasteiger partial charge in [-0.2, -0.15) is 5.10 Å². The van der Waals surface area contributed by atoms with E-state index < -0.39 is 4.92 Å². The van der Waals surface area contributed by atoms with Crippen molar-refractivity contribution < 1.29 is 14.4 Å². The standard InChI is InChI=1S/C19H18N4O4S/c1-13-12-28-19(21-13)22-20-10-14-6-7-18(26-2)15(8-14)11-27-17-5-3-4-16(9-17)23(24)25/h3-10,12H,11H2,1-2H3,(H,21,22). The van der Waals surface area contributed by atoms with Crippen LogP contribution >= 0.6 is 11.3 Å². The number of rotatable bonds is 8. The summed E-state index contributed by atoms with van der Waals surface area (Å²) >= 11 is 1.48. The monoisotopic (exact) mass is 398 g/mol. The van der Waals surface area contributed by atoms with Gasteiger partial charge in [-0.25, -0.2) is 4.98 Å². The molecule has 144 valence electrons. The number of ether oxygens (including phenoxy) is 2. The first kappa shape index (κ1) is 19.3. The molecular formula is C19H18N4O4S. The fraction of sp³-hybridized carbons (Fsp3) is 0.158. The summed E-state index contributed by atoms with van der Waals surface area (Å²) in [4.78, 5) is 14.7. The number of anilines is 1. The molecule has 0 unspecified atom stereocenters. The second-order valence-corrected chi connectivity index (χ2v) is 6.64. The van der Waals surface area contributed by atoms with E-state index in [2.05, 4.69) is 15.5 Å². The fourth-order valence-electron chi connectivity index (χ4n) is 2.41. The summed E-state index contributed by atoms with van der Waals surface area (Å²) in [6.07, 6.45) is 1.67. The van der Waals surface area contributed by atoms with Crippen LogP contribution in [0, 0.1) is 17.0 Å². The maximum absolute atomic E-state index is 10.9. The second kappa shape index (κ2) is 8.96. The minimum Gasteiger partial charge on any atom is -0.496 e. The highest BCUT2D eigenvalue weighted by atomic mass is 32.1. The number of methoxy groups -OCH3 is 1. The van der Waals surface area contributed by atoms with Gasteiger partial charge >= 0.3 is 0 Å². The third-order valence-electron chi connectivity index (χ3n) is 3.72. The molecule has 0 bridgehead atoms. The third kappa shape index (κ3) is 5.04. The first-order chi connectivity index (χ1) is 13.5. The molecule has 0 aliphatic rings. The Bertz CT molecular complexity index is 1000. The molecule has 1 N–H and O–H groups in total. The molecule has 0 aliphatic carbocycles. The molecular weight excluding hydrogens is 380 g/mol. The zero-order valence-electron chi connectivity index (χ0n) is 15.3. The van der Waals surface area contributed by atoms with E-state index in [9.17, 15) is 10.1 Å². The summed E-state index contributed by atoms with van der Waals surface area (Å²) in [5.74, 6) is 1.07. The smallest absolute Gasteiger partial charge is 0.273 e. The van der Waals surface area contributed by atoms with Crippen LogP contribution in [0.4, 0.5) is 10.8 Å². The number of aromatic nitrogens is 1. The minimum absolute atomic E-state index is 0.0196. The molecule has 1 aromatic heterocycles. The van der Waals surface area contributed by atoms with Gasteiger partial charge in [-0.05, 0) is 36.8 Å². The lowest BCUT2D eigenvalue weighted by molar-refractivity contribution is -0.384. The summed E-state index contributed by atoms with van der Waals surface area (Å²) in [7, 11) is 1.58. The molecule has 0 saturated carbocycles. The highest BCUT2D eigenvalue weighted by Gasteiger charge is 2.09. The van der Waals surface area contributed by atoms with E-state index in [0.717, 1.165) is 22.0 Å². The summed E-state index contributed by atoms with van der Waals surface area (Å²) < 4.78 is 11.1. The SMILES string of the molecule is COc1ccc(C=NNc2nc(C)cs2)cc1COc1cccc([N+](=O)[O-])c1. The molecule has 3 rings (SSSR count). The lowest BCUT2D eigenvalue weighted by Crippen LogP contribution is -2.01. The molecule has 0 saturated heterocycles. The Morgan fingerprint density at radius 2 is 2.18 bits per heavy atom. The van der Waals surface area contributed by atoms with Crippen molar-refractivity contribution in [1.82, 2.24) is 4.98 Å². The van der Waals surface area contributed by atoms with E-state index in [1.165, 1.54) is 23.5 Å². The highest BCUT2D eigenvalue weighted by Crippen LogP contribution is 2.24. The van der Waals surface area contributed by atoms with Crippen molar-refractivity contribution in [3.8, 4) is 11.5 Å². The number of nitro benzene ring substituents is 1. The van der Waals surface area contributed by atoms with Crippen molar-refractivity contribution in [1.29, 1.82) is 0 Å². The number of aryl methyl sites for hydroxylation is 1. The van der Waals surface area contributed by atoms with Crippen LogP contribution in [0.3, 0.4) is 0 Å². The number of nitro groups is 1. The third-order valence-corrected chi connectivity index (χ3v) is 4.58.